The average molecular weight is 386 g/mol. The Bertz CT molecular complexity index is 1040. The van der Waals surface area contributed by atoms with Crippen LogP contribution in [-0.4, -0.2) is 22.6 Å². The molecule has 0 saturated carbocycles. The Morgan fingerprint density at radius 3 is 2.62 bits per heavy atom. The van der Waals surface area contributed by atoms with Gasteiger partial charge in [-0.25, -0.2) is 4.99 Å². The number of hydrogen-bond acceptors (Lipinski definition) is 5. The van der Waals surface area contributed by atoms with Crippen LogP contribution in [0.15, 0.2) is 78.8 Å². The molecule has 148 valence electrons. The van der Waals surface area contributed by atoms with Crippen LogP contribution in [0.2, 0.25) is 0 Å². The van der Waals surface area contributed by atoms with Crippen molar-refractivity contribution < 1.29 is 0 Å². The van der Waals surface area contributed by atoms with Crippen molar-refractivity contribution in [1.29, 1.82) is 0 Å². The predicted molar refractivity (Wildman–Crippen MR) is 119 cm³/mol. The van der Waals surface area contributed by atoms with E-state index < -0.39 is 5.66 Å². The zero-order valence-electron chi connectivity index (χ0n) is 17.4. The molecule has 0 aliphatic carbocycles. The van der Waals surface area contributed by atoms with E-state index in [1.165, 1.54) is 11.3 Å². The Morgan fingerprint density at radius 2 is 1.90 bits per heavy atom. The molecule has 1 saturated heterocycles. The van der Waals surface area contributed by atoms with Crippen molar-refractivity contribution in [3.63, 3.8) is 0 Å². The number of amidine groups is 1. The summed E-state index contributed by atoms with van der Waals surface area (Å²) >= 11 is 0. The lowest BCUT2D eigenvalue weighted by Crippen LogP contribution is -2.63. The highest BCUT2D eigenvalue weighted by molar-refractivity contribution is 6.12. The van der Waals surface area contributed by atoms with Crippen LogP contribution in [0.4, 0.5) is 11.4 Å². The summed E-state index contributed by atoms with van der Waals surface area (Å²) in [6.45, 7) is 13.4. The van der Waals surface area contributed by atoms with Gasteiger partial charge in [-0.2, -0.15) is 0 Å². The van der Waals surface area contributed by atoms with Gasteiger partial charge in [0.1, 0.15) is 6.17 Å². The van der Waals surface area contributed by atoms with E-state index >= 15 is 0 Å². The first-order valence-corrected chi connectivity index (χ1v) is 10.1. The highest BCUT2D eigenvalue weighted by Gasteiger charge is 2.65. The van der Waals surface area contributed by atoms with Gasteiger partial charge in [0.25, 0.3) is 0 Å². The number of aliphatic imine (C=N–C) groups is 1. The van der Waals surface area contributed by atoms with E-state index in [0.717, 1.165) is 11.5 Å². The fraction of sp³-hybridized carbons (Fsp3) is 0.333. The Morgan fingerprint density at radius 1 is 1.10 bits per heavy atom. The second-order valence-corrected chi connectivity index (χ2v) is 8.96. The summed E-state index contributed by atoms with van der Waals surface area (Å²) in [5.41, 5.74) is 2.65. The molecule has 5 rings (SSSR count). The molecule has 29 heavy (non-hydrogen) atoms. The fourth-order valence-electron chi connectivity index (χ4n) is 5.35. The molecule has 0 radical (unpaired) electrons. The molecule has 0 bridgehead atoms. The standard InChI is InChI=1S/C24H27N5/c1-6-23(4)18-11-7-8-12-19(18)28-20-24(5,27-15-14-26-20)29(21(28)22(23,2)3)17-10-9-13-25-16-17/h6-16,21,27H,1H2,2-5H3. The molecule has 3 unspecified atom stereocenters. The summed E-state index contributed by atoms with van der Waals surface area (Å²) in [5, 5.41) is 3.60. The van der Waals surface area contributed by atoms with Crippen molar-refractivity contribution in [1.82, 2.24) is 10.3 Å². The van der Waals surface area contributed by atoms with Crippen LogP contribution in [0, 0.1) is 5.41 Å². The normalized spacial score (nSPS) is 31.3. The smallest absolute Gasteiger partial charge is 0.169 e. The third kappa shape index (κ3) is 2.05. The molecule has 2 aromatic rings. The molecule has 5 heteroatoms. The van der Waals surface area contributed by atoms with E-state index in [4.69, 9.17) is 4.99 Å². The number of rotatable bonds is 2. The van der Waals surface area contributed by atoms with Gasteiger partial charge in [-0.3, -0.25) is 4.98 Å². The molecule has 3 aliphatic heterocycles. The van der Waals surface area contributed by atoms with Crippen LogP contribution in [0.25, 0.3) is 0 Å². The van der Waals surface area contributed by atoms with Gasteiger partial charge in [0.2, 0.25) is 0 Å². The van der Waals surface area contributed by atoms with Gasteiger partial charge in [-0.05, 0) is 30.7 Å². The number of fused-ring (bicyclic) bond motifs is 5. The number of hydrogen-bond donors (Lipinski definition) is 1. The number of aromatic nitrogens is 1. The first kappa shape index (κ1) is 18.0. The zero-order valence-corrected chi connectivity index (χ0v) is 17.4. The van der Waals surface area contributed by atoms with Crippen LogP contribution < -0.4 is 15.1 Å². The summed E-state index contributed by atoms with van der Waals surface area (Å²) < 4.78 is 0. The number of pyridine rings is 1. The Hall–Kier alpha value is -3.08. The molecule has 4 heterocycles. The number of allylic oxidation sites excluding steroid dienone is 1. The zero-order chi connectivity index (χ0) is 20.4. The van der Waals surface area contributed by atoms with Crippen LogP contribution in [0.3, 0.4) is 0 Å². The van der Waals surface area contributed by atoms with Gasteiger partial charge in [0, 0.05) is 35.1 Å². The van der Waals surface area contributed by atoms with Gasteiger partial charge in [-0.1, -0.05) is 45.0 Å². The lowest BCUT2D eigenvalue weighted by molar-refractivity contribution is 0.162. The van der Waals surface area contributed by atoms with Gasteiger partial charge in [-0.15, -0.1) is 6.58 Å². The molecule has 3 atom stereocenters. The molecule has 1 N–H and O–H groups in total. The topological polar surface area (TPSA) is 43.8 Å². The minimum absolute atomic E-state index is 0.0285. The Kier molecular flexibility index (Phi) is 3.55. The maximum absolute atomic E-state index is 4.87. The number of para-hydroxylation sites is 1. The predicted octanol–water partition coefficient (Wildman–Crippen LogP) is 4.41. The van der Waals surface area contributed by atoms with Gasteiger partial charge in [0.15, 0.2) is 11.5 Å². The largest absolute Gasteiger partial charge is 0.361 e. The summed E-state index contributed by atoms with van der Waals surface area (Å²) in [5.74, 6) is 1.00. The highest BCUT2D eigenvalue weighted by Crippen LogP contribution is 2.59. The quantitative estimate of drug-likeness (QED) is 0.778. The summed E-state index contributed by atoms with van der Waals surface area (Å²) in [7, 11) is 0. The van der Waals surface area contributed by atoms with Crippen molar-refractivity contribution in [2.24, 2.45) is 10.4 Å². The molecular weight excluding hydrogens is 358 g/mol. The molecule has 3 aliphatic rings. The van der Waals surface area contributed by atoms with Crippen molar-refractivity contribution in [3.05, 3.63) is 79.4 Å². The van der Waals surface area contributed by atoms with Crippen LogP contribution in [-0.2, 0) is 5.41 Å². The van der Waals surface area contributed by atoms with E-state index in [2.05, 4.69) is 90.8 Å². The van der Waals surface area contributed by atoms with Gasteiger partial charge < -0.3 is 15.1 Å². The maximum atomic E-state index is 4.87. The average Bonchev–Trinajstić information content (AvgIpc) is 3.03. The summed E-state index contributed by atoms with van der Waals surface area (Å²) in [4.78, 5) is 14.1. The van der Waals surface area contributed by atoms with Crippen molar-refractivity contribution in [3.8, 4) is 0 Å². The third-order valence-corrected chi connectivity index (χ3v) is 7.31. The monoisotopic (exact) mass is 385 g/mol. The first-order chi connectivity index (χ1) is 13.9. The first-order valence-electron chi connectivity index (χ1n) is 10.1. The minimum atomic E-state index is -0.487. The lowest BCUT2D eigenvalue weighted by atomic mass is 9.58. The SMILES string of the molecule is C=CC1(C)c2ccccc2N2C3=NC=CNC3(C)N(c3cccnc3)C2C1(C)C. The second-order valence-electron chi connectivity index (χ2n) is 8.96. The van der Waals surface area contributed by atoms with Crippen molar-refractivity contribution in [2.75, 3.05) is 9.80 Å². The Labute approximate surface area is 172 Å². The number of nitrogens with zero attached hydrogens (tertiary/aromatic N) is 4. The second kappa shape index (κ2) is 5.72. The molecule has 0 spiro atoms. The summed E-state index contributed by atoms with van der Waals surface area (Å²) in [6, 6.07) is 12.8. The number of nitrogens with one attached hydrogen (secondary N) is 1. The molecule has 5 nitrogen and oxygen atoms in total. The van der Waals surface area contributed by atoms with Crippen LogP contribution in [0.5, 0.6) is 0 Å². The van der Waals surface area contributed by atoms with Crippen LogP contribution in [0.1, 0.15) is 33.3 Å². The molecule has 1 aromatic carbocycles. The maximum Gasteiger partial charge on any atom is 0.169 e. The van der Waals surface area contributed by atoms with Crippen molar-refractivity contribution in [2.45, 2.75) is 44.9 Å². The third-order valence-electron chi connectivity index (χ3n) is 7.31. The van der Waals surface area contributed by atoms with Crippen molar-refractivity contribution >= 4 is 17.2 Å². The highest BCUT2D eigenvalue weighted by atomic mass is 15.6. The number of benzene rings is 1. The van der Waals surface area contributed by atoms with Crippen LogP contribution >= 0.6 is 0 Å². The van der Waals surface area contributed by atoms with Gasteiger partial charge >= 0.3 is 0 Å². The van der Waals surface area contributed by atoms with E-state index in [1.54, 1.807) is 0 Å². The fourth-order valence-corrected chi connectivity index (χ4v) is 5.35. The van der Waals surface area contributed by atoms with E-state index in [0.29, 0.717) is 0 Å². The molecule has 1 aromatic heterocycles. The van der Waals surface area contributed by atoms with Gasteiger partial charge in [0.05, 0.1) is 11.9 Å². The van der Waals surface area contributed by atoms with E-state index in [1.807, 2.05) is 30.9 Å². The molecule has 1 fully saturated rings. The lowest BCUT2D eigenvalue weighted by Gasteiger charge is -2.56. The van der Waals surface area contributed by atoms with E-state index in [9.17, 15) is 0 Å². The summed E-state index contributed by atoms with van der Waals surface area (Å²) in [6.07, 6.45) is 9.67. The minimum Gasteiger partial charge on any atom is -0.361 e. The molecule has 0 amide bonds. The Balaban J connectivity index is 1.86. The van der Waals surface area contributed by atoms with E-state index in [-0.39, 0.29) is 17.0 Å². The number of anilines is 2. The molecular formula is C24H27N5.